The molecule has 28 heavy (non-hydrogen) atoms. The summed E-state index contributed by atoms with van der Waals surface area (Å²) in [6.07, 6.45) is 0.816. The maximum Gasteiger partial charge on any atom is 0.308 e. The van der Waals surface area contributed by atoms with Crippen molar-refractivity contribution in [2.45, 2.75) is 31.4 Å². The third kappa shape index (κ3) is 4.48. The lowest BCUT2D eigenvalue weighted by Crippen LogP contribution is -2.57. The number of hydrogen-bond acceptors (Lipinski definition) is 6. The third-order valence-corrected chi connectivity index (χ3v) is 4.78. The fraction of sp³-hybridized carbons (Fsp3) is 0.474. The number of nitrogens with one attached hydrogen (secondary N) is 2. The van der Waals surface area contributed by atoms with Crippen molar-refractivity contribution >= 4 is 29.4 Å². The zero-order valence-electron chi connectivity index (χ0n) is 15.6. The Morgan fingerprint density at radius 2 is 2.18 bits per heavy atom. The van der Waals surface area contributed by atoms with Gasteiger partial charge in [0.1, 0.15) is 12.1 Å². The van der Waals surface area contributed by atoms with Gasteiger partial charge in [-0.3, -0.25) is 19.2 Å². The molecule has 2 N–H and O–H groups in total. The number of rotatable bonds is 5. The lowest BCUT2D eigenvalue weighted by atomic mass is 10.1. The Hall–Kier alpha value is -2.94. The van der Waals surface area contributed by atoms with Crippen LogP contribution in [0.2, 0.25) is 0 Å². The molecule has 9 heteroatoms. The van der Waals surface area contributed by atoms with Gasteiger partial charge in [0.2, 0.25) is 5.91 Å². The standard InChI is InChI=1S/C19H23N3O6/c1-27-16(23)11-14-17(24)20-7-8-22(14)19(26)12-4-2-5-13(10-12)21-18(25)15-6-3-9-28-15/h2,4-5,10,14-15H,3,6-9,11H2,1H3,(H,20,24)(H,21,25)/t14-,15-/m0/s1. The minimum absolute atomic E-state index is 0.219. The van der Waals surface area contributed by atoms with Gasteiger partial charge in [-0.2, -0.15) is 0 Å². The first-order valence-corrected chi connectivity index (χ1v) is 9.17. The quantitative estimate of drug-likeness (QED) is 0.701. The Bertz CT molecular complexity index is 775. The minimum atomic E-state index is -0.932. The molecule has 2 atom stereocenters. The molecule has 2 heterocycles. The van der Waals surface area contributed by atoms with Crippen molar-refractivity contribution in [2.75, 3.05) is 32.1 Å². The smallest absolute Gasteiger partial charge is 0.308 e. The van der Waals surface area contributed by atoms with Gasteiger partial charge in [-0.15, -0.1) is 0 Å². The number of hydrogen-bond donors (Lipinski definition) is 2. The highest BCUT2D eigenvalue weighted by Crippen LogP contribution is 2.19. The predicted molar refractivity (Wildman–Crippen MR) is 98.5 cm³/mol. The summed E-state index contributed by atoms with van der Waals surface area (Å²) >= 11 is 0. The van der Waals surface area contributed by atoms with E-state index in [-0.39, 0.29) is 18.9 Å². The van der Waals surface area contributed by atoms with Crippen LogP contribution in [0.5, 0.6) is 0 Å². The van der Waals surface area contributed by atoms with Gasteiger partial charge in [-0.1, -0.05) is 6.07 Å². The fourth-order valence-electron chi connectivity index (χ4n) is 3.30. The Morgan fingerprint density at radius 1 is 1.36 bits per heavy atom. The molecule has 150 valence electrons. The van der Waals surface area contributed by atoms with Gasteiger partial charge in [0, 0.05) is 30.9 Å². The summed E-state index contributed by atoms with van der Waals surface area (Å²) in [7, 11) is 1.23. The van der Waals surface area contributed by atoms with Crippen LogP contribution in [0.15, 0.2) is 24.3 Å². The number of ether oxygens (including phenoxy) is 2. The van der Waals surface area contributed by atoms with Gasteiger partial charge in [0.15, 0.2) is 0 Å². The Balaban J connectivity index is 1.74. The molecular weight excluding hydrogens is 366 g/mol. The second kappa shape index (κ2) is 8.83. The molecular formula is C19H23N3O6. The summed E-state index contributed by atoms with van der Waals surface area (Å²) in [5, 5.41) is 5.41. The van der Waals surface area contributed by atoms with Crippen molar-refractivity contribution in [3.8, 4) is 0 Å². The van der Waals surface area contributed by atoms with Crippen molar-refractivity contribution in [1.82, 2.24) is 10.2 Å². The molecule has 2 aliphatic rings. The van der Waals surface area contributed by atoms with Crippen molar-refractivity contribution in [3.05, 3.63) is 29.8 Å². The average Bonchev–Trinajstić information content (AvgIpc) is 3.24. The van der Waals surface area contributed by atoms with Crippen LogP contribution < -0.4 is 10.6 Å². The number of nitrogens with zero attached hydrogens (tertiary/aromatic N) is 1. The van der Waals surface area contributed by atoms with Gasteiger partial charge in [0.25, 0.3) is 11.8 Å². The number of benzene rings is 1. The lowest BCUT2D eigenvalue weighted by Gasteiger charge is -2.34. The van der Waals surface area contributed by atoms with E-state index in [1.807, 2.05) is 0 Å². The van der Waals surface area contributed by atoms with Crippen LogP contribution in [0.3, 0.4) is 0 Å². The normalized spacial score (nSPS) is 21.8. The SMILES string of the molecule is COC(=O)C[C@H]1C(=O)NCCN1C(=O)c1cccc(NC(=O)[C@@H]2CCCO2)c1. The van der Waals surface area contributed by atoms with E-state index in [1.54, 1.807) is 24.3 Å². The summed E-state index contributed by atoms with van der Waals surface area (Å²) in [5.41, 5.74) is 0.784. The minimum Gasteiger partial charge on any atom is -0.469 e. The van der Waals surface area contributed by atoms with Crippen LogP contribution in [-0.4, -0.2) is 67.5 Å². The highest BCUT2D eigenvalue weighted by molar-refractivity contribution is 6.01. The maximum atomic E-state index is 13.0. The summed E-state index contributed by atoms with van der Waals surface area (Å²) in [6.45, 7) is 1.14. The second-order valence-corrected chi connectivity index (χ2v) is 6.66. The maximum absolute atomic E-state index is 13.0. The second-order valence-electron chi connectivity index (χ2n) is 6.66. The van der Waals surface area contributed by atoms with Crippen LogP contribution in [0.4, 0.5) is 5.69 Å². The first-order chi connectivity index (χ1) is 13.5. The van der Waals surface area contributed by atoms with Crippen molar-refractivity contribution in [1.29, 1.82) is 0 Å². The number of carbonyl (C=O) groups is 4. The fourth-order valence-corrected chi connectivity index (χ4v) is 3.30. The summed E-state index contributed by atoms with van der Waals surface area (Å²) in [5.74, 6) is -1.61. The van der Waals surface area contributed by atoms with Crippen LogP contribution >= 0.6 is 0 Å². The largest absolute Gasteiger partial charge is 0.469 e. The summed E-state index contributed by atoms with van der Waals surface area (Å²) in [4.78, 5) is 50.3. The topological polar surface area (TPSA) is 114 Å². The summed E-state index contributed by atoms with van der Waals surface area (Å²) < 4.78 is 9.99. The molecule has 9 nitrogen and oxygen atoms in total. The number of amides is 3. The van der Waals surface area contributed by atoms with Crippen molar-refractivity contribution in [3.63, 3.8) is 0 Å². The van der Waals surface area contributed by atoms with E-state index in [2.05, 4.69) is 15.4 Å². The van der Waals surface area contributed by atoms with Gasteiger partial charge >= 0.3 is 5.97 Å². The monoisotopic (exact) mass is 389 g/mol. The van der Waals surface area contributed by atoms with E-state index < -0.39 is 29.9 Å². The van der Waals surface area contributed by atoms with Crippen LogP contribution in [-0.2, 0) is 23.9 Å². The van der Waals surface area contributed by atoms with E-state index in [0.29, 0.717) is 30.8 Å². The van der Waals surface area contributed by atoms with E-state index in [4.69, 9.17) is 4.74 Å². The molecule has 3 amide bonds. The zero-order valence-corrected chi connectivity index (χ0v) is 15.6. The molecule has 0 unspecified atom stereocenters. The number of carbonyl (C=O) groups excluding carboxylic acids is 4. The molecule has 0 saturated carbocycles. The van der Waals surface area contributed by atoms with E-state index in [9.17, 15) is 19.2 Å². The van der Waals surface area contributed by atoms with Gasteiger partial charge < -0.3 is 25.0 Å². The van der Waals surface area contributed by atoms with Crippen LogP contribution in [0.25, 0.3) is 0 Å². The number of anilines is 1. The Labute approximate surface area is 162 Å². The average molecular weight is 389 g/mol. The number of esters is 1. The third-order valence-electron chi connectivity index (χ3n) is 4.78. The molecule has 1 aromatic rings. The van der Waals surface area contributed by atoms with E-state index in [0.717, 1.165) is 6.42 Å². The molecule has 0 bridgehead atoms. The first kappa shape index (κ1) is 19.8. The predicted octanol–water partition coefficient (Wildman–Crippen LogP) is 0.308. The molecule has 2 fully saturated rings. The highest BCUT2D eigenvalue weighted by atomic mass is 16.5. The van der Waals surface area contributed by atoms with E-state index >= 15 is 0 Å². The van der Waals surface area contributed by atoms with Gasteiger partial charge in [-0.05, 0) is 31.0 Å². The van der Waals surface area contributed by atoms with Gasteiger partial charge in [0.05, 0.1) is 13.5 Å². The molecule has 2 aliphatic heterocycles. The highest BCUT2D eigenvalue weighted by Gasteiger charge is 2.35. The molecule has 2 saturated heterocycles. The van der Waals surface area contributed by atoms with Crippen molar-refractivity contribution < 1.29 is 28.7 Å². The Kier molecular flexibility index (Phi) is 6.25. The molecule has 0 aliphatic carbocycles. The van der Waals surface area contributed by atoms with Crippen LogP contribution in [0, 0.1) is 0 Å². The molecule has 0 spiro atoms. The molecule has 0 aromatic heterocycles. The lowest BCUT2D eigenvalue weighted by molar-refractivity contribution is -0.145. The molecule has 1 aromatic carbocycles. The Morgan fingerprint density at radius 3 is 2.89 bits per heavy atom. The van der Waals surface area contributed by atoms with Gasteiger partial charge in [-0.25, -0.2) is 0 Å². The molecule has 0 radical (unpaired) electrons. The van der Waals surface area contributed by atoms with E-state index in [1.165, 1.54) is 12.0 Å². The van der Waals surface area contributed by atoms with Crippen LogP contribution in [0.1, 0.15) is 29.6 Å². The number of piperazine rings is 1. The number of methoxy groups -OCH3 is 1. The zero-order chi connectivity index (χ0) is 20.1. The molecule has 3 rings (SSSR count). The first-order valence-electron chi connectivity index (χ1n) is 9.17. The van der Waals surface area contributed by atoms with Crippen molar-refractivity contribution in [2.24, 2.45) is 0 Å². The summed E-state index contributed by atoms with van der Waals surface area (Å²) in [6, 6.07) is 5.55.